The number of halogens is 1. The highest BCUT2D eigenvalue weighted by molar-refractivity contribution is 14.1. The maximum Gasteiger partial charge on any atom is 0.352 e. The minimum Gasteiger partial charge on any atom is -0.493 e. The Morgan fingerprint density at radius 3 is 2.29 bits per heavy atom. The predicted octanol–water partition coefficient (Wildman–Crippen LogP) is 4.73. The van der Waals surface area contributed by atoms with Gasteiger partial charge in [0.25, 0.3) is 5.91 Å². The number of methoxy groups -OCH3 is 1. The maximum atomic E-state index is 12.4. The molecule has 3 aromatic rings. The fourth-order valence-electron chi connectivity index (χ4n) is 2.79. The molecule has 0 fully saturated rings. The number of hydrogen-bond acceptors (Lipinski definition) is 4. The van der Waals surface area contributed by atoms with Crippen LogP contribution in [0.25, 0.3) is 6.08 Å². The van der Waals surface area contributed by atoms with Crippen molar-refractivity contribution in [2.75, 3.05) is 7.11 Å². The molecule has 1 amide bonds. The molecule has 0 bridgehead atoms. The third kappa shape index (κ3) is 6.08. The molecule has 0 aliphatic rings. The fourth-order valence-corrected chi connectivity index (χ4v) is 3.58. The molecule has 0 saturated heterocycles. The van der Waals surface area contributed by atoms with E-state index in [2.05, 4.69) is 27.9 Å². The number of ether oxygens (including phenoxy) is 2. The number of rotatable bonds is 8. The third-order valence-electron chi connectivity index (χ3n) is 4.30. The number of aliphatic carboxylic acids is 1. The highest BCUT2D eigenvalue weighted by atomic mass is 127. The van der Waals surface area contributed by atoms with Crippen LogP contribution in [0.4, 0.5) is 0 Å². The monoisotopic (exact) mass is 529 g/mol. The number of nitrogens with one attached hydrogen (secondary N) is 1. The summed E-state index contributed by atoms with van der Waals surface area (Å²) in [5.41, 5.74) is 1.69. The SMILES string of the molecule is COc1cc(/C=C(/NC(=O)c2ccccc2)C(=O)O)cc(I)c1OCc1ccccc1. The quantitative estimate of drug-likeness (QED) is 0.326. The summed E-state index contributed by atoms with van der Waals surface area (Å²) in [4.78, 5) is 24.0. The van der Waals surface area contributed by atoms with E-state index in [9.17, 15) is 14.7 Å². The standard InChI is InChI=1S/C24H20INO5/c1-30-21-14-17(12-19(25)22(21)31-15-16-8-4-2-5-9-16)13-20(24(28)29)26-23(27)18-10-6-3-7-11-18/h2-14H,15H2,1H3,(H,26,27)(H,28,29)/b20-13+. The molecule has 3 rings (SSSR count). The topological polar surface area (TPSA) is 84.9 Å². The molecule has 0 aliphatic carbocycles. The molecule has 0 heterocycles. The minimum atomic E-state index is -1.25. The maximum absolute atomic E-state index is 12.4. The van der Waals surface area contributed by atoms with E-state index in [0.717, 1.165) is 9.13 Å². The van der Waals surface area contributed by atoms with E-state index in [1.165, 1.54) is 13.2 Å². The summed E-state index contributed by atoms with van der Waals surface area (Å²) in [6.07, 6.45) is 1.38. The first-order valence-electron chi connectivity index (χ1n) is 9.33. The Balaban J connectivity index is 1.84. The van der Waals surface area contributed by atoms with Crippen LogP contribution in [-0.4, -0.2) is 24.1 Å². The van der Waals surface area contributed by atoms with Crippen LogP contribution in [0, 0.1) is 3.57 Å². The highest BCUT2D eigenvalue weighted by Gasteiger charge is 2.16. The van der Waals surface area contributed by atoms with Crippen molar-refractivity contribution in [3.63, 3.8) is 0 Å². The smallest absolute Gasteiger partial charge is 0.352 e. The molecule has 3 aromatic carbocycles. The molecule has 0 radical (unpaired) electrons. The summed E-state index contributed by atoms with van der Waals surface area (Å²) in [6.45, 7) is 0.371. The summed E-state index contributed by atoms with van der Waals surface area (Å²) < 4.78 is 12.1. The van der Waals surface area contributed by atoms with Gasteiger partial charge < -0.3 is 19.9 Å². The van der Waals surface area contributed by atoms with Gasteiger partial charge in [-0.3, -0.25) is 4.79 Å². The number of carbonyl (C=O) groups excluding carboxylic acids is 1. The van der Waals surface area contributed by atoms with Crippen molar-refractivity contribution in [3.8, 4) is 11.5 Å². The lowest BCUT2D eigenvalue weighted by molar-refractivity contribution is -0.132. The van der Waals surface area contributed by atoms with Crippen molar-refractivity contribution in [1.29, 1.82) is 0 Å². The lowest BCUT2D eigenvalue weighted by Crippen LogP contribution is -2.27. The van der Waals surface area contributed by atoms with E-state index < -0.39 is 11.9 Å². The van der Waals surface area contributed by atoms with Crippen LogP contribution in [0.3, 0.4) is 0 Å². The van der Waals surface area contributed by atoms with Gasteiger partial charge in [-0.1, -0.05) is 48.5 Å². The van der Waals surface area contributed by atoms with Gasteiger partial charge in [0, 0.05) is 5.56 Å². The molecule has 0 aliphatic heterocycles. The Kier molecular flexibility index (Phi) is 7.66. The first kappa shape index (κ1) is 22.4. The Labute approximate surface area is 193 Å². The molecule has 2 N–H and O–H groups in total. The Hall–Kier alpha value is -3.33. The van der Waals surface area contributed by atoms with Gasteiger partial charge in [0.1, 0.15) is 12.3 Å². The number of carbonyl (C=O) groups is 2. The molecular formula is C24H20INO5. The van der Waals surface area contributed by atoms with E-state index in [-0.39, 0.29) is 5.70 Å². The molecule has 0 saturated carbocycles. The van der Waals surface area contributed by atoms with Gasteiger partial charge in [0.05, 0.1) is 10.7 Å². The van der Waals surface area contributed by atoms with Crippen LogP contribution in [0.1, 0.15) is 21.5 Å². The lowest BCUT2D eigenvalue weighted by atomic mass is 10.1. The second-order valence-corrected chi connectivity index (χ2v) is 7.65. The van der Waals surface area contributed by atoms with Crippen LogP contribution < -0.4 is 14.8 Å². The summed E-state index contributed by atoms with van der Waals surface area (Å²) in [5, 5.41) is 12.0. The molecule has 0 spiro atoms. The average Bonchev–Trinajstić information content (AvgIpc) is 2.78. The normalized spacial score (nSPS) is 11.0. The van der Waals surface area contributed by atoms with Crippen LogP contribution in [0.15, 0.2) is 78.5 Å². The summed E-state index contributed by atoms with van der Waals surface area (Å²) >= 11 is 2.11. The number of benzene rings is 3. The van der Waals surface area contributed by atoms with E-state index >= 15 is 0 Å². The molecule has 0 unspecified atom stereocenters. The fraction of sp³-hybridized carbons (Fsp3) is 0.0833. The summed E-state index contributed by atoms with van der Waals surface area (Å²) in [7, 11) is 1.52. The van der Waals surface area contributed by atoms with Gasteiger partial charge in [0.2, 0.25) is 0 Å². The first-order valence-corrected chi connectivity index (χ1v) is 10.4. The molecule has 6 nitrogen and oxygen atoms in total. The second kappa shape index (κ2) is 10.6. The molecular weight excluding hydrogens is 509 g/mol. The number of hydrogen-bond donors (Lipinski definition) is 2. The van der Waals surface area contributed by atoms with E-state index in [0.29, 0.717) is 29.2 Å². The third-order valence-corrected chi connectivity index (χ3v) is 5.10. The van der Waals surface area contributed by atoms with Crippen molar-refractivity contribution >= 4 is 40.5 Å². The second-order valence-electron chi connectivity index (χ2n) is 6.49. The molecule has 31 heavy (non-hydrogen) atoms. The largest absolute Gasteiger partial charge is 0.493 e. The lowest BCUT2D eigenvalue weighted by Gasteiger charge is -2.14. The molecule has 7 heteroatoms. The molecule has 158 valence electrons. The zero-order chi connectivity index (χ0) is 22.2. The average molecular weight is 529 g/mol. The number of carboxylic acid groups (broad SMARTS) is 1. The van der Waals surface area contributed by atoms with Crippen molar-refractivity contribution in [2.24, 2.45) is 0 Å². The van der Waals surface area contributed by atoms with Crippen molar-refractivity contribution in [1.82, 2.24) is 5.32 Å². The Morgan fingerprint density at radius 1 is 1.03 bits per heavy atom. The van der Waals surface area contributed by atoms with Crippen molar-refractivity contribution < 1.29 is 24.2 Å². The van der Waals surface area contributed by atoms with Gasteiger partial charge >= 0.3 is 5.97 Å². The van der Waals surface area contributed by atoms with Crippen molar-refractivity contribution in [2.45, 2.75) is 6.61 Å². The highest BCUT2D eigenvalue weighted by Crippen LogP contribution is 2.35. The minimum absolute atomic E-state index is 0.246. The van der Waals surface area contributed by atoms with Crippen LogP contribution >= 0.6 is 22.6 Å². The first-order chi connectivity index (χ1) is 15.0. The van der Waals surface area contributed by atoms with E-state index in [1.54, 1.807) is 42.5 Å². The van der Waals surface area contributed by atoms with Crippen LogP contribution in [0.2, 0.25) is 0 Å². The molecule has 0 aromatic heterocycles. The van der Waals surface area contributed by atoms with Gasteiger partial charge in [-0.2, -0.15) is 0 Å². The zero-order valence-corrected chi connectivity index (χ0v) is 18.8. The van der Waals surface area contributed by atoms with Gasteiger partial charge in [-0.05, 0) is 64.1 Å². The molecule has 0 atom stereocenters. The van der Waals surface area contributed by atoms with E-state index in [1.807, 2.05) is 30.3 Å². The van der Waals surface area contributed by atoms with E-state index in [4.69, 9.17) is 9.47 Å². The van der Waals surface area contributed by atoms with Crippen LogP contribution in [-0.2, 0) is 11.4 Å². The van der Waals surface area contributed by atoms with Gasteiger partial charge in [-0.25, -0.2) is 4.79 Å². The van der Waals surface area contributed by atoms with Gasteiger partial charge in [-0.15, -0.1) is 0 Å². The number of amides is 1. The zero-order valence-electron chi connectivity index (χ0n) is 16.7. The number of carboxylic acids is 1. The van der Waals surface area contributed by atoms with Crippen LogP contribution in [0.5, 0.6) is 11.5 Å². The van der Waals surface area contributed by atoms with Gasteiger partial charge in [0.15, 0.2) is 11.5 Å². The predicted molar refractivity (Wildman–Crippen MR) is 126 cm³/mol. The summed E-state index contributed by atoms with van der Waals surface area (Å²) in [6, 6.07) is 21.6. The Morgan fingerprint density at radius 2 is 1.68 bits per heavy atom. The van der Waals surface area contributed by atoms with Crippen molar-refractivity contribution in [3.05, 3.63) is 98.8 Å². The Bertz CT molecular complexity index is 1100. The summed E-state index contributed by atoms with van der Waals surface area (Å²) in [5.74, 6) is -0.719.